The summed E-state index contributed by atoms with van der Waals surface area (Å²) >= 11 is 0. The van der Waals surface area contributed by atoms with E-state index in [1.54, 1.807) is 6.20 Å². The monoisotopic (exact) mass is 826 g/mol. The van der Waals surface area contributed by atoms with Crippen molar-refractivity contribution in [1.29, 1.82) is 0 Å². The Kier molecular flexibility index (Phi) is 16.6. The first-order chi connectivity index (χ1) is 27.7. The molecule has 0 bridgehead atoms. The number of aliphatic carboxylic acids is 1. The van der Waals surface area contributed by atoms with Gasteiger partial charge in [-0.15, -0.1) is 0 Å². The van der Waals surface area contributed by atoms with Gasteiger partial charge in [-0.05, 0) is 67.9 Å². The summed E-state index contributed by atoms with van der Waals surface area (Å²) in [7, 11) is 0. The van der Waals surface area contributed by atoms with E-state index in [4.69, 9.17) is 20.4 Å². The minimum absolute atomic E-state index is 0.0909. The first kappa shape index (κ1) is 46.8. The van der Waals surface area contributed by atoms with Crippen LogP contribution in [0.3, 0.4) is 0 Å². The largest absolute Gasteiger partial charge is 0.490 e. The molecule has 0 radical (unpaired) electrons. The molecule has 5 rings (SSSR count). The number of hydrogen-bond donors (Lipinski definition) is 5. The van der Waals surface area contributed by atoms with E-state index in [2.05, 4.69) is 20.5 Å². The number of esters is 1. The van der Waals surface area contributed by atoms with Crippen molar-refractivity contribution < 1.29 is 47.3 Å². The van der Waals surface area contributed by atoms with Crippen molar-refractivity contribution in [2.75, 3.05) is 26.2 Å². The van der Waals surface area contributed by atoms with Crippen molar-refractivity contribution in [3.63, 3.8) is 0 Å². The van der Waals surface area contributed by atoms with Crippen molar-refractivity contribution in [1.82, 2.24) is 25.4 Å². The van der Waals surface area contributed by atoms with Crippen LogP contribution >= 0.6 is 0 Å². The third kappa shape index (κ3) is 14.4. The van der Waals surface area contributed by atoms with Crippen LogP contribution in [0.25, 0.3) is 0 Å². The first-order valence-corrected chi connectivity index (χ1v) is 19.8. The molecule has 1 aromatic heterocycles. The number of halogens is 3. The van der Waals surface area contributed by atoms with Crippen molar-refractivity contribution in [2.24, 2.45) is 17.6 Å². The Morgan fingerprint density at radius 1 is 0.966 bits per heavy atom. The number of alkyl halides is 3. The molecule has 6 N–H and O–H groups in total. The lowest BCUT2D eigenvalue weighted by Crippen LogP contribution is -2.61. The maximum Gasteiger partial charge on any atom is 0.490 e. The number of aliphatic hydroxyl groups excluding tert-OH is 1. The van der Waals surface area contributed by atoms with Gasteiger partial charge in [-0.3, -0.25) is 29.2 Å². The maximum atomic E-state index is 14.3. The summed E-state index contributed by atoms with van der Waals surface area (Å²) in [5, 5.41) is 25.2. The molecule has 2 aliphatic rings. The van der Waals surface area contributed by atoms with Gasteiger partial charge in [0.1, 0.15) is 18.2 Å². The SMILES string of the molecule is CC(C)[C@H](N)C(=O)O[C@@H]1Cc2ccccc2[C@@H]1NC(=O)[C@H](Cc1ccccc1)C[C@H](O)CN1CCN(Cc2cccnc2)C[C@H]1C(=O)NC(C)(C)C.O=C(O)C(F)(F)F. The van der Waals surface area contributed by atoms with Gasteiger partial charge in [-0.25, -0.2) is 4.79 Å². The molecule has 59 heavy (non-hydrogen) atoms. The molecule has 16 heteroatoms. The first-order valence-electron chi connectivity index (χ1n) is 19.8. The fourth-order valence-electron chi connectivity index (χ4n) is 7.16. The third-order valence-corrected chi connectivity index (χ3v) is 10.2. The second kappa shape index (κ2) is 20.9. The Balaban J connectivity index is 0.00000101. The number of β-amino-alcohol motifs (C(OH)–C–C–N with tert-alkyl or cyclic N) is 1. The normalized spacial score (nSPS) is 20.0. The number of pyridine rings is 1. The highest BCUT2D eigenvalue weighted by molar-refractivity contribution is 5.83. The van der Waals surface area contributed by atoms with Gasteiger partial charge in [0, 0.05) is 63.0 Å². The minimum atomic E-state index is -5.08. The van der Waals surface area contributed by atoms with Crippen molar-refractivity contribution in [2.45, 2.75) is 102 Å². The number of carbonyl (C=O) groups excluding carboxylic acids is 3. The number of piperazine rings is 1. The van der Waals surface area contributed by atoms with Crippen LogP contribution in [0.2, 0.25) is 0 Å². The Morgan fingerprint density at radius 2 is 1.61 bits per heavy atom. The summed E-state index contributed by atoms with van der Waals surface area (Å²) in [6, 6.07) is 19.7. The van der Waals surface area contributed by atoms with Crippen LogP contribution < -0.4 is 16.4 Å². The Labute approximate surface area is 343 Å². The number of nitrogens with two attached hydrogens (primary N) is 1. The molecular formula is C43H57F3N6O7. The number of carboxylic acid groups (broad SMARTS) is 1. The fraction of sp³-hybridized carbons (Fsp3) is 0.512. The molecule has 322 valence electrons. The summed E-state index contributed by atoms with van der Waals surface area (Å²) in [4.78, 5) is 58.4. The lowest BCUT2D eigenvalue weighted by atomic mass is 9.91. The number of aliphatic hydroxyl groups is 1. The van der Waals surface area contributed by atoms with E-state index in [0.717, 1.165) is 28.8 Å². The molecule has 1 aliphatic heterocycles. The van der Waals surface area contributed by atoms with Crippen LogP contribution in [0.1, 0.15) is 69.3 Å². The van der Waals surface area contributed by atoms with E-state index in [1.807, 2.05) is 112 Å². The molecule has 2 aromatic carbocycles. The van der Waals surface area contributed by atoms with E-state index in [-0.39, 0.29) is 30.7 Å². The van der Waals surface area contributed by atoms with Crippen LogP contribution in [0.5, 0.6) is 0 Å². The van der Waals surface area contributed by atoms with Crippen LogP contribution in [-0.4, -0.2) is 111 Å². The van der Waals surface area contributed by atoms with Gasteiger partial charge < -0.3 is 31.3 Å². The van der Waals surface area contributed by atoms with Gasteiger partial charge in [0.2, 0.25) is 11.8 Å². The van der Waals surface area contributed by atoms with E-state index < -0.39 is 59.9 Å². The molecule has 1 saturated heterocycles. The van der Waals surface area contributed by atoms with Crippen LogP contribution in [0, 0.1) is 11.8 Å². The predicted molar refractivity (Wildman–Crippen MR) is 214 cm³/mol. The lowest BCUT2D eigenvalue weighted by molar-refractivity contribution is -0.192. The highest BCUT2D eigenvalue weighted by Gasteiger charge is 2.40. The Bertz CT molecular complexity index is 1840. The summed E-state index contributed by atoms with van der Waals surface area (Å²) < 4.78 is 37.7. The zero-order chi connectivity index (χ0) is 43.5. The standard InChI is InChI=1S/C41H56N6O5.C2HF3O2/c1-27(2)36(42)40(51)52-35-22-30-15-9-10-16-33(30)37(35)44-38(49)31(20-28-12-7-6-8-13-28)21-32(48)25-47-19-18-46(24-29-14-11-17-43-23-29)26-34(47)39(50)45-41(3,4)5;3-2(4,5)1(6)7/h6-17,23,27,31-32,34-37,48H,18-22,24-26,42H2,1-5H3,(H,44,49)(H,45,50);(H,6,7)/t31-,32+,34+,35-,36+,37+;/m1./s1. The smallest absolute Gasteiger partial charge is 0.475 e. The average molecular weight is 827 g/mol. The molecule has 3 aromatic rings. The number of carbonyl (C=O) groups is 4. The highest BCUT2D eigenvalue weighted by Crippen LogP contribution is 2.34. The number of ether oxygens (including phenoxy) is 1. The number of fused-ring (bicyclic) bond motifs is 1. The number of nitrogens with one attached hydrogen (secondary N) is 2. The zero-order valence-corrected chi connectivity index (χ0v) is 34.2. The summed E-state index contributed by atoms with van der Waals surface area (Å²) in [6.07, 6.45) is -1.93. The number of carboxylic acids is 1. The van der Waals surface area contributed by atoms with Crippen LogP contribution in [-0.2, 0) is 43.3 Å². The molecule has 1 fully saturated rings. The second-order valence-electron chi connectivity index (χ2n) is 16.6. The summed E-state index contributed by atoms with van der Waals surface area (Å²) in [5.74, 6) is -4.26. The summed E-state index contributed by atoms with van der Waals surface area (Å²) in [5.41, 5.74) is 9.67. The molecule has 1 aliphatic carbocycles. The predicted octanol–water partition coefficient (Wildman–Crippen LogP) is 4.03. The van der Waals surface area contributed by atoms with Crippen molar-refractivity contribution >= 4 is 23.8 Å². The van der Waals surface area contributed by atoms with Crippen molar-refractivity contribution in [3.8, 4) is 0 Å². The molecular weight excluding hydrogens is 770 g/mol. The number of aromatic nitrogens is 1. The number of amides is 2. The molecule has 0 spiro atoms. The maximum absolute atomic E-state index is 14.3. The molecule has 2 amide bonds. The van der Waals surface area contributed by atoms with Crippen LogP contribution in [0.4, 0.5) is 13.2 Å². The number of rotatable bonds is 14. The molecule has 6 atom stereocenters. The summed E-state index contributed by atoms with van der Waals surface area (Å²) in [6.45, 7) is 12.3. The van der Waals surface area contributed by atoms with Gasteiger partial charge in [0.15, 0.2) is 0 Å². The fourth-order valence-corrected chi connectivity index (χ4v) is 7.16. The number of benzene rings is 2. The molecule has 0 saturated carbocycles. The van der Waals surface area contributed by atoms with Crippen molar-refractivity contribution in [3.05, 3.63) is 101 Å². The number of nitrogens with zero attached hydrogens (tertiary/aromatic N) is 3. The highest BCUT2D eigenvalue weighted by atomic mass is 19.4. The Morgan fingerprint density at radius 3 is 2.22 bits per heavy atom. The molecule has 2 heterocycles. The van der Waals surface area contributed by atoms with E-state index in [9.17, 15) is 32.7 Å². The Hall–Kier alpha value is -4.90. The second-order valence-corrected chi connectivity index (χ2v) is 16.6. The topological polar surface area (TPSA) is 187 Å². The third-order valence-electron chi connectivity index (χ3n) is 10.2. The van der Waals surface area contributed by atoms with Gasteiger partial charge >= 0.3 is 18.1 Å². The zero-order valence-electron chi connectivity index (χ0n) is 34.2. The van der Waals surface area contributed by atoms with Gasteiger partial charge in [-0.2, -0.15) is 13.2 Å². The van der Waals surface area contributed by atoms with Gasteiger partial charge in [-0.1, -0.05) is 74.5 Å². The van der Waals surface area contributed by atoms with Gasteiger partial charge in [0.05, 0.1) is 12.1 Å². The van der Waals surface area contributed by atoms with E-state index in [0.29, 0.717) is 32.5 Å². The average Bonchev–Trinajstić information content (AvgIpc) is 3.50. The quantitative estimate of drug-likeness (QED) is 0.148. The molecule has 13 nitrogen and oxygen atoms in total. The van der Waals surface area contributed by atoms with Gasteiger partial charge in [0.25, 0.3) is 0 Å². The van der Waals surface area contributed by atoms with E-state index in [1.165, 1.54) is 0 Å². The van der Waals surface area contributed by atoms with Crippen LogP contribution in [0.15, 0.2) is 79.1 Å². The lowest BCUT2D eigenvalue weighted by Gasteiger charge is -2.42. The van der Waals surface area contributed by atoms with E-state index >= 15 is 0 Å². The minimum Gasteiger partial charge on any atom is -0.475 e. The number of hydrogen-bond acceptors (Lipinski definition) is 10. The molecule has 0 unspecified atom stereocenters.